The summed E-state index contributed by atoms with van der Waals surface area (Å²) in [6, 6.07) is 0. The van der Waals surface area contributed by atoms with Crippen LogP contribution >= 0.6 is 0 Å². The fourth-order valence-electron chi connectivity index (χ4n) is 2.53. The molecule has 1 saturated heterocycles. The van der Waals surface area contributed by atoms with Crippen LogP contribution in [0.5, 0.6) is 0 Å². The lowest BCUT2D eigenvalue weighted by Crippen LogP contribution is -2.65. The van der Waals surface area contributed by atoms with Crippen molar-refractivity contribution in [2.75, 3.05) is 13.2 Å². The number of hydrogen-bond donors (Lipinski definition) is 5. The average Bonchev–Trinajstić information content (AvgIpc) is 2.52. The maximum Gasteiger partial charge on any atom is 0.409 e. The van der Waals surface area contributed by atoms with Crippen LogP contribution in [0.15, 0.2) is 0 Å². The fraction of sp³-hybridized carbons (Fsp3) is 0.933. The van der Waals surface area contributed by atoms with Crippen molar-refractivity contribution in [3.05, 3.63) is 0 Å². The molecule has 8 heteroatoms. The van der Waals surface area contributed by atoms with Gasteiger partial charge in [-0.1, -0.05) is 32.6 Å². The van der Waals surface area contributed by atoms with E-state index >= 15 is 0 Å². The molecule has 1 amide bonds. The summed E-state index contributed by atoms with van der Waals surface area (Å²) in [5.41, 5.74) is 0. The van der Waals surface area contributed by atoms with Crippen LogP contribution < -0.4 is 5.32 Å². The molecular weight excluding hydrogens is 306 g/mol. The minimum Gasteiger partial charge on any atom is -0.414 e. The lowest BCUT2D eigenvalue weighted by Gasteiger charge is -2.45. The average molecular weight is 335 g/mol. The Morgan fingerprint density at radius 3 is 2.43 bits per heavy atom. The topological polar surface area (TPSA) is 128 Å². The molecule has 8 nitrogen and oxygen atoms in total. The summed E-state index contributed by atoms with van der Waals surface area (Å²) in [7, 11) is 0. The second-order valence-electron chi connectivity index (χ2n) is 6.01. The number of aliphatic hydroxyl groups excluding tert-OH is 4. The first-order valence-electron chi connectivity index (χ1n) is 8.15. The molecule has 136 valence electrons. The monoisotopic (exact) mass is 335 g/mol. The number of ether oxygens (including phenoxy) is 2. The highest BCUT2D eigenvalue weighted by atomic mass is 16.7. The molecule has 5 N–H and O–H groups in total. The van der Waals surface area contributed by atoms with E-state index in [1.807, 2.05) is 0 Å². The number of unbranched alkanes of at least 4 members (excludes halogenated alkanes) is 4. The Labute approximate surface area is 136 Å². The molecule has 1 rings (SSSR count). The Morgan fingerprint density at radius 2 is 1.83 bits per heavy atom. The molecule has 0 aromatic heterocycles. The van der Waals surface area contributed by atoms with E-state index in [-0.39, 0.29) is 0 Å². The number of carbonyl (C=O) groups excluding carboxylic acids is 1. The van der Waals surface area contributed by atoms with E-state index in [1.165, 1.54) is 6.92 Å². The molecule has 0 bridgehead atoms. The fourth-order valence-corrected chi connectivity index (χ4v) is 2.53. The van der Waals surface area contributed by atoms with Gasteiger partial charge in [0.2, 0.25) is 5.79 Å². The van der Waals surface area contributed by atoms with Gasteiger partial charge in [-0.05, 0) is 6.42 Å². The van der Waals surface area contributed by atoms with Gasteiger partial charge in [-0.2, -0.15) is 0 Å². The van der Waals surface area contributed by atoms with E-state index in [1.54, 1.807) is 0 Å². The molecule has 0 aliphatic carbocycles. The number of aliphatic hydroxyl groups is 4. The molecule has 1 heterocycles. The summed E-state index contributed by atoms with van der Waals surface area (Å²) in [5, 5.41) is 41.1. The van der Waals surface area contributed by atoms with Gasteiger partial charge >= 0.3 is 6.09 Å². The lowest BCUT2D eigenvalue weighted by molar-refractivity contribution is -0.338. The number of hydrogen-bond acceptors (Lipinski definition) is 7. The summed E-state index contributed by atoms with van der Waals surface area (Å²) >= 11 is 0. The van der Waals surface area contributed by atoms with Gasteiger partial charge in [0.15, 0.2) is 0 Å². The lowest BCUT2D eigenvalue weighted by atomic mass is 9.93. The molecule has 1 fully saturated rings. The third kappa shape index (κ3) is 5.58. The highest BCUT2D eigenvalue weighted by molar-refractivity contribution is 5.67. The van der Waals surface area contributed by atoms with Gasteiger partial charge in [-0.3, -0.25) is 0 Å². The molecular formula is C15H29NO7. The van der Waals surface area contributed by atoms with E-state index in [9.17, 15) is 20.1 Å². The molecule has 5 atom stereocenters. The van der Waals surface area contributed by atoms with Crippen molar-refractivity contribution in [3.63, 3.8) is 0 Å². The third-order valence-electron chi connectivity index (χ3n) is 4.00. The summed E-state index contributed by atoms with van der Waals surface area (Å²) in [6.07, 6.45) is -1.40. The number of rotatable bonds is 8. The van der Waals surface area contributed by atoms with E-state index in [0.29, 0.717) is 6.54 Å². The quantitative estimate of drug-likeness (QED) is 0.391. The van der Waals surface area contributed by atoms with Crippen LogP contribution in [0.25, 0.3) is 0 Å². The first-order chi connectivity index (χ1) is 10.9. The zero-order valence-corrected chi connectivity index (χ0v) is 13.8. The van der Waals surface area contributed by atoms with Crippen LogP contribution in [0.4, 0.5) is 4.79 Å². The van der Waals surface area contributed by atoms with Crippen LogP contribution in [-0.2, 0) is 9.47 Å². The number of carbonyl (C=O) groups is 1. The van der Waals surface area contributed by atoms with E-state index in [4.69, 9.17) is 14.6 Å². The molecule has 0 radical (unpaired) electrons. The van der Waals surface area contributed by atoms with E-state index in [2.05, 4.69) is 12.2 Å². The smallest absolute Gasteiger partial charge is 0.409 e. The summed E-state index contributed by atoms with van der Waals surface area (Å²) < 4.78 is 10.3. The third-order valence-corrected chi connectivity index (χ3v) is 4.00. The van der Waals surface area contributed by atoms with E-state index < -0.39 is 42.9 Å². The van der Waals surface area contributed by atoms with Crippen molar-refractivity contribution < 1.29 is 34.7 Å². The van der Waals surface area contributed by atoms with Crippen molar-refractivity contribution in [1.29, 1.82) is 0 Å². The van der Waals surface area contributed by atoms with Crippen LogP contribution in [-0.4, -0.2) is 69.9 Å². The highest BCUT2D eigenvalue weighted by Crippen LogP contribution is 2.30. The number of alkyl carbamates (subject to hydrolysis) is 1. The highest BCUT2D eigenvalue weighted by Gasteiger charge is 2.53. The van der Waals surface area contributed by atoms with Crippen molar-refractivity contribution in [1.82, 2.24) is 5.32 Å². The van der Waals surface area contributed by atoms with Crippen LogP contribution in [0.3, 0.4) is 0 Å². The standard InChI is InChI=1S/C15H29NO7/c1-3-4-5-6-7-8-16-14(21)23-15(2)13(20)12(19)11(18)10(9-17)22-15/h10-13,17-20H,3-9H2,1-2H3,(H,16,21)/t10-,11-,12+,13-,15?/m1/s1. The van der Waals surface area contributed by atoms with Gasteiger partial charge in [0.25, 0.3) is 0 Å². The summed E-state index contributed by atoms with van der Waals surface area (Å²) in [4.78, 5) is 11.8. The molecule has 1 aliphatic heterocycles. The van der Waals surface area contributed by atoms with Crippen molar-refractivity contribution >= 4 is 6.09 Å². The zero-order valence-electron chi connectivity index (χ0n) is 13.8. The van der Waals surface area contributed by atoms with E-state index in [0.717, 1.165) is 32.1 Å². The van der Waals surface area contributed by atoms with Crippen LogP contribution in [0.2, 0.25) is 0 Å². The maximum atomic E-state index is 11.8. The van der Waals surface area contributed by atoms with Gasteiger partial charge in [0.05, 0.1) is 6.61 Å². The second-order valence-corrected chi connectivity index (χ2v) is 6.01. The van der Waals surface area contributed by atoms with Crippen LogP contribution in [0.1, 0.15) is 46.0 Å². The Bertz CT molecular complexity index is 366. The second kappa shape index (κ2) is 9.39. The number of amides is 1. The first-order valence-corrected chi connectivity index (χ1v) is 8.15. The Balaban J connectivity index is 2.45. The Hall–Kier alpha value is -0.930. The van der Waals surface area contributed by atoms with Gasteiger partial charge in [-0.25, -0.2) is 4.79 Å². The Kier molecular flexibility index (Phi) is 8.21. The van der Waals surface area contributed by atoms with Gasteiger partial charge < -0.3 is 35.2 Å². The Morgan fingerprint density at radius 1 is 1.17 bits per heavy atom. The van der Waals surface area contributed by atoms with Gasteiger partial charge in [0, 0.05) is 13.5 Å². The predicted molar refractivity (Wildman–Crippen MR) is 81.6 cm³/mol. The van der Waals surface area contributed by atoms with Crippen molar-refractivity contribution in [2.45, 2.75) is 76.2 Å². The molecule has 0 aromatic carbocycles. The molecule has 0 spiro atoms. The predicted octanol–water partition coefficient (Wildman–Crippen LogP) is -0.127. The minimum atomic E-state index is -1.85. The molecule has 0 saturated carbocycles. The first kappa shape index (κ1) is 20.1. The maximum absolute atomic E-state index is 11.8. The molecule has 0 aromatic rings. The van der Waals surface area contributed by atoms with Crippen molar-refractivity contribution in [3.8, 4) is 0 Å². The number of nitrogens with one attached hydrogen (secondary N) is 1. The van der Waals surface area contributed by atoms with Crippen LogP contribution in [0, 0.1) is 0 Å². The largest absolute Gasteiger partial charge is 0.414 e. The molecule has 23 heavy (non-hydrogen) atoms. The van der Waals surface area contributed by atoms with Gasteiger partial charge in [0.1, 0.15) is 24.4 Å². The normalized spacial score (nSPS) is 34.2. The SMILES string of the molecule is CCCCCCCNC(=O)OC1(C)O[C@H](CO)[C@@H](O)[C@H](O)[C@H]1O. The molecule has 1 aliphatic rings. The van der Waals surface area contributed by atoms with Gasteiger partial charge in [-0.15, -0.1) is 0 Å². The zero-order chi connectivity index (χ0) is 17.5. The minimum absolute atomic E-state index is 0.434. The summed E-state index contributed by atoms with van der Waals surface area (Å²) in [6.45, 7) is 3.25. The van der Waals surface area contributed by atoms with Crippen molar-refractivity contribution in [2.24, 2.45) is 0 Å². The summed E-state index contributed by atoms with van der Waals surface area (Å²) in [5.74, 6) is -1.85. The molecule has 1 unspecified atom stereocenters.